The van der Waals surface area contributed by atoms with Gasteiger partial charge in [-0.1, -0.05) is 40.0 Å². The molecule has 0 bridgehead atoms. The van der Waals surface area contributed by atoms with Crippen LogP contribution in [0.1, 0.15) is 66.2 Å². The van der Waals surface area contributed by atoms with Gasteiger partial charge in [0.25, 0.3) is 0 Å². The number of hydrogen-bond acceptors (Lipinski definition) is 3. The van der Waals surface area contributed by atoms with Crippen molar-refractivity contribution in [3.05, 3.63) is 0 Å². The van der Waals surface area contributed by atoms with Crippen LogP contribution in [0.2, 0.25) is 0 Å². The number of carbonyl (C=O) groups is 1. The minimum atomic E-state index is -0.465. The summed E-state index contributed by atoms with van der Waals surface area (Å²) in [6.45, 7) is 8.25. The highest BCUT2D eigenvalue weighted by Crippen LogP contribution is 2.10. The molecule has 0 aliphatic rings. The first kappa shape index (κ1) is 16.4. The maximum absolute atomic E-state index is 11.6. The fraction of sp³-hybridized carbons (Fsp3) is 0.929. The second-order valence-electron chi connectivity index (χ2n) is 5.33. The van der Waals surface area contributed by atoms with Crippen molar-refractivity contribution in [3.63, 3.8) is 0 Å². The number of hydrogen-bond donors (Lipinski definition) is 1. The van der Waals surface area contributed by atoms with Crippen LogP contribution in [0.15, 0.2) is 0 Å². The quantitative estimate of drug-likeness (QED) is 0.499. The zero-order chi connectivity index (χ0) is 13.3. The first-order chi connectivity index (χ1) is 7.97. The smallest absolute Gasteiger partial charge is 0.323 e. The molecule has 17 heavy (non-hydrogen) atoms. The Morgan fingerprint density at radius 1 is 1.18 bits per heavy atom. The van der Waals surface area contributed by atoms with E-state index < -0.39 is 6.04 Å². The Morgan fingerprint density at radius 2 is 1.82 bits per heavy atom. The van der Waals surface area contributed by atoms with Gasteiger partial charge in [0, 0.05) is 0 Å². The summed E-state index contributed by atoms with van der Waals surface area (Å²) in [4.78, 5) is 11.6. The molecule has 0 radical (unpaired) electrons. The number of esters is 1. The number of nitrogens with two attached hydrogens (primary N) is 1. The maximum Gasteiger partial charge on any atom is 0.323 e. The molecule has 0 aromatic rings. The van der Waals surface area contributed by atoms with Crippen molar-refractivity contribution >= 4 is 5.97 Å². The summed E-state index contributed by atoms with van der Waals surface area (Å²) in [5.74, 6) is 0.180. The molecule has 0 amide bonds. The third-order valence-corrected chi connectivity index (χ3v) is 2.81. The molecule has 0 aromatic carbocycles. The molecule has 0 unspecified atom stereocenters. The highest BCUT2D eigenvalue weighted by atomic mass is 16.5. The molecule has 3 heteroatoms. The van der Waals surface area contributed by atoms with Crippen molar-refractivity contribution in [1.82, 2.24) is 0 Å². The van der Waals surface area contributed by atoms with Gasteiger partial charge in [0.2, 0.25) is 0 Å². The van der Waals surface area contributed by atoms with Crippen molar-refractivity contribution < 1.29 is 9.53 Å². The predicted octanol–water partition coefficient (Wildman–Crippen LogP) is 3.26. The summed E-state index contributed by atoms with van der Waals surface area (Å²) in [7, 11) is 0. The van der Waals surface area contributed by atoms with E-state index in [1.807, 2.05) is 6.92 Å². The van der Waals surface area contributed by atoms with Gasteiger partial charge in [-0.15, -0.1) is 0 Å². The minimum absolute atomic E-state index is 0.00225. The monoisotopic (exact) mass is 243 g/mol. The van der Waals surface area contributed by atoms with Gasteiger partial charge in [0.1, 0.15) is 6.04 Å². The van der Waals surface area contributed by atoms with Gasteiger partial charge in [-0.25, -0.2) is 0 Å². The lowest BCUT2D eigenvalue weighted by Crippen LogP contribution is -2.35. The fourth-order valence-electron chi connectivity index (χ4n) is 1.81. The summed E-state index contributed by atoms with van der Waals surface area (Å²) in [6, 6.07) is -0.465. The molecule has 0 saturated carbocycles. The van der Waals surface area contributed by atoms with Crippen LogP contribution in [0.5, 0.6) is 0 Å². The topological polar surface area (TPSA) is 52.3 Å². The molecule has 0 aromatic heterocycles. The van der Waals surface area contributed by atoms with Crippen molar-refractivity contribution in [1.29, 1.82) is 0 Å². The number of ether oxygens (including phenoxy) is 1. The van der Waals surface area contributed by atoms with Gasteiger partial charge < -0.3 is 10.5 Å². The van der Waals surface area contributed by atoms with Gasteiger partial charge in [0.15, 0.2) is 0 Å². The summed E-state index contributed by atoms with van der Waals surface area (Å²) in [5.41, 5.74) is 5.77. The molecule has 2 atom stereocenters. The molecule has 0 saturated heterocycles. The van der Waals surface area contributed by atoms with E-state index in [1.165, 1.54) is 19.3 Å². The van der Waals surface area contributed by atoms with Crippen LogP contribution in [-0.4, -0.2) is 18.1 Å². The van der Waals surface area contributed by atoms with E-state index in [0.29, 0.717) is 12.3 Å². The molecule has 102 valence electrons. The lowest BCUT2D eigenvalue weighted by atomic mass is 10.0. The van der Waals surface area contributed by atoms with Crippen molar-refractivity contribution in [2.24, 2.45) is 11.7 Å². The van der Waals surface area contributed by atoms with Crippen LogP contribution in [0, 0.1) is 5.92 Å². The lowest BCUT2D eigenvalue weighted by Gasteiger charge is -2.17. The van der Waals surface area contributed by atoms with E-state index in [1.54, 1.807) is 0 Å². The number of rotatable bonds is 9. The second-order valence-corrected chi connectivity index (χ2v) is 5.33. The van der Waals surface area contributed by atoms with E-state index in [0.717, 1.165) is 12.8 Å². The van der Waals surface area contributed by atoms with E-state index in [-0.39, 0.29) is 12.1 Å². The van der Waals surface area contributed by atoms with Crippen molar-refractivity contribution in [2.75, 3.05) is 0 Å². The second kappa shape index (κ2) is 9.46. The van der Waals surface area contributed by atoms with Crippen molar-refractivity contribution in [3.8, 4) is 0 Å². The first-order valence-electron chi connectivity index (χ1n) is 6.93. The third-order valence-electron chi connectivity index (χ3n) is 2.81. The molecule has 3 nitrogen and oxygen atoms in total. The molecular weight excluding hydrogens is 214 g/mol. The molecular formula is C14H29NO2. The lowest BCUT2D eigenvalue weighted by molar-refractivity contribution is -0.150. The summed E-state index contributed by atoms with van der Waals surface area (Å²) < 4.78 is 5.33. The Morgan fingerprint density at radius 3 is 2.35 bits per heavy atom. The molecule has 0 aliphatic carbocycles. The van der Waals surface area contributed by atoms with E-state index >= 15 is 0 Å². The van der Waals surface area contributed by atoms with E-state index in [4.69, 9.17) is 10.5 Å². The molecule has 0 aliphatic heterocycles. The van der Waals surface area contributed by atoms with Crippen LogP contribution in [0.4, 0.5) is 0 Å². The SMILES string of the molecule is CCCCCC[C@@H](C)OC(=O)[C@H](N)CC(C)C. The van der Waals surface area contributed by atoms with Crippen LogP contribution in [0.25, 0.3) is 0 Å². The normalized spacial score (nSPS) is 14.7. The van der Waals surface area contributed by atoms with Gasteiger partial charge in [-0.2, -0.15) is 0 Å². The first-order valence-corrected chi connectivity index (χ1v) is 6.93. The maximum atomic E-state index is 11.6. The average molecular weight is 243 g/mol. The molecule has 0 fully saturated rings. The highest BCUT2D eigenvalue weighted by molar-refractivity contribution is 5.75. The minimum Gasteiger partial charge on any atom is -0.462 e. The number of unbranched alkanes of at least 4 members (excludes halogenated alkanes) is 3. The number of carbonyl (C=O) groups excluding carboxylic acids is 1. The van der Waals surface area contributed by atoms with Crippen molar-refractivity contribution in [2.45, 2.75) is 78.4 Å². The predicted molar refractivity (Wildman–Crippen MR) is 71.7 cm³/mol. The van der Waals surface area contributed by atoms with Crippen LogP contribution < -0.4 is 5.73 Å². The zero-order valence-corrected chi connectivity index (χ0v) is 11.9. The van der Waals surface area contributed by atoms with Gasteiger partial charge in [0.05, 0.1) is 6.10 Å². The largest absolute Gasteiger partial charge is 0.462 e. The average Bonchev–Trinajstić information content (AvgIpc) is 2.23. The van der Waals surface area contributed by atoms with Crippen LogP contribution in [0.3, 0.4) is 0 Å². The highest BCUT2D eigenvalue weighted by Gasteiger charge is 2.18. The van der Waals surface area contributed by atoms with E-state index in [2.05, 4.69) is 20.8 Å². The Kier molecular flexibility index (Phi) is 9.14. The Bertz CT molecular complexity index is 204. The Balaban J connectivity index is 3.71. The van der Waals surface area contributed by atoms with Gasteiger partial charge in [-0.05, 0) is 32.1 Å². The summed E-state index contributed by atoms with van der Waals surface area (Å²) in [5, 5.41) is 0. The van der Waals surface area contributed by atoms with Crippen LogP contribution in [-0.2, 0) is 9.53 Å². The zero-order valence-electron chi connectivity index (χ0n) is 11.9. The standard InChI is InChI=1S/C14H29NO2/c1-5-6-7-8-9-12(4)17-14(16)13(15)10-11(2)3/h11-13H,5-10,15H2,1-4H3/t12-,13-/m1/s1. The molecule has 0 heterocycles. The third kappa shape index (κ3) is 9.16. The molecule has 2 N–H and O–H groups in total. The molecule has 0 rings (SSSR count). The van der Waals surface area contributed by atoms with Gasteiger partial charge in [-0.3, -0.25) is 4.79 Å². The Hall–Kier alpha value is -0.570. The van der Waals surface area contributed by atoms with Gasteiger partial charge >= 0.3 is 5.97 Å². The van der Waals surface area contributed by atoms with E-state index in [9.17, 15) is 4.79 Å². The summed E-state index contributed by atoms with van der Waals surface area (Å²) >= 11 is 0. The molecule has 0 spiro atoms. The Labute approximate surface area is 106 Å². The fourth-order valence-corrected chi connectivity index (χ4v) is 1.81. The van der Waals surface area contributed by atoms with Crippen LogP contribution >= 0.6 is 0 Å². The summed E-state index contributed by atoms with van der Waals surface area (Å²) in [6.07, 6.45) is 6.47.